The van der Waals surface area contributed by atoms with Gasteiger partial charge in [-0.1, -0.05) is 12.1 Å². The molecule has 1 aliphatic heterocycles. The fourth-order valence-corrected chi connectivity index (χ4v) is 3.99. The molecule has 3 aromatic rings. The lowest BCUT2D eigenvalue weighted by Crippen LogP contribution is -2.46. The second kappa shape index (κ2) is 9.03. The minimum Gasteiger partial charge on any atom is -0.354 e. The van der Waals surface area contributed by atoms with Gasteiger partial charge in [0.05, 0.1) is 10.9 Å². The van der Waals surface area contributed by atoms with Crippen molar-refractivity contribution in [2.24, 2.45) is 0 Å². The molecule has 0 atom stereocenters. The Hall–Kier alpha value is -2.98. The number of sulfonamides is 1. The van der Waals surface area contributed by atoms with E-state index in [0.29, 0.717) is 5.82 Å². The van der Waals surface area contributed by atoms with Crippen LogP contribution < -0.4 is 9.62 Å². The average molecular weight is 442 g/mol. The number of nitrogens with zero attached hydrogens (tertiary/aromatic N) is 6. The van der Waals surface area contributed by atoms with Crippen molar-refractivity contribution in [2.75, 3.05) is 35.8 Å². The molecule has 3 aromatic heterocycles. The van der Waals surface area contributed by atoms with E-state index in [-0.39, 0.29) is 0 Å². The summed E-state index contributed by atoms with van der Waals surface area (Å²) in [5, 5.41) is 4.12. The van der Waals surface area contributed by atoms with Gasteiger partial charge in [0, 0.05) is 45.1 Å². The average Bonchev–Trinajstić information content (AvgIpc) is 3.23. The van der Waals surface area contributed by atoms with E-state index in [4.69, 9.17) is 0 Å². The van der Waals surface area contributed by atoms with E-state index in [0.717, 1.165) is 50.1 Å². The summed E-state index contributed by atoms with van der Waals surface area (Å²) in [4.78, 5) is 13.4. The molecule has 0 saturated carbocycles. The fourth-order valence-electron chi connectivity index (χ4n) is 3.35. The van der Waals surface area contributed by atoms with Gasteiger partial charge >= 0.3 is 0 Å². The number of hydrogen-bond acceptors (Lipinski definition) is 7. The number of rotatable bonds is 7. The van der Waals surface area contributed by atoms with Gasteiger partial charge in [-0.25, -0.2) is 23.1 Å². The van der Waals surface area contributed by atoms with Crippen LogP contribution in [-0.2, 0) is 16.6 Å². The summed E-state index contributed by atoms with van der Waals surface area (Å²) in [5.41, 5.74) is 1.00. The van der Waals surface area contributed by atoms with Gasteiger partial charge in [-0.15, -0.1) is 0 Å². The Morgan fingerprint density at radius 3 is 2.48 bits per heavy atom. The van der Waals surface area contributed by atoms with E-state index in [2.05, 4.69) is 29.6 Å². The second-order valence-electron chi connectivity index (χ2n) is 7.78. The first-order chi connectivity index (χ1) is 14.9. The smallest absolute Gasteiger partial charge is 0.236 e. The van der Waals surface area contributed by atoms with E-state index in [1.807, 2.05) is 42.6 Å². The molecule has 1 N–H and O–H groups in total. The molecular formula is C21H27N7O2S. The maximum atomic E-state index is 12.1. The molecule has 1 aliphatic rings. The predicted octanol–water partition coefficient (Wildman–Crippen LogP) is 2.13. The summed E-state index contributed by atoms with van der Waals surface area (Å²) in [6, 6.07) is 13.2. The molecule has 1 saturated heterocycles. The van der Waals surface area contributed by atoms with E-state index in [1.165, 1.54) is 0 Å². The Morgan fingerprint density at radius 1 is 1.00 bits per heavy atom. The van der Waals surface area contributed by atoms with Crippen LogP contribution in [0.4, 0.5) is 11.6 Å². The Kier molecular flexibility index (Phi) is 6.19. The number of piperazine rings is 1. The van der Waals surface area contributed by atoms with Crippen LogP contribution in [0.1, 0.15) is 19.5 Å². The molecule has 0 bridgehead atoms. The molecule has 1 fully saturated rings. The van der Waals surface area contributed by atoms with Crippen molar-refractivity contribution in [1.29, 1.82) is 0 Å². The molecule has 0 aromatic carbocycles. The number of nitrogens with one attached hydrogen (secondary N) is 1. The number of pyridine rings is 2. The lowest BCUT2D eigenvalue weighted by atomic mass is 10.3. The van der Waals surface area contributed by atoms with Gasteiger partial charge in [-0.3, -0.25) is 9.62 Å². The second-order valence-corrected chi connectivity index (χ2v) is 10.0. The summed E-state index contributed by atoms with van der Waals surface area (Å²) in [5.74, 6) is 1.94. The van der Waals surface area contributed by atoms with Crippen LogP contribution in [0.5, 0.6) is 0 Å². The zero-order valence-corrected chi connectivity index (χ0v) is 18.5. The van der Waals surface area contributed by atoms with Crippen LogP contribution in [-0.4, -0.2) is 64.5 Å². The van der Waals surface area contributed by atoms with Gasteiger partial charge in [0.2, 0.25) is 10.0 Å². The van der Waals surface area contributed by atoms with E-state index < -0.39 is 15.3 Å². The van der Waals surface area contributed by atoms with E-state index >= 15 is 0 Å². The fraction of sp³-hybridized carbons (Fsp3) is 0.381. The van der Waals surface area contributed by atoms with Crippen molar-refractivity contribution in [3.63, 3.8) is 0 Å². The van der Waals surface area contributed by atoms with Gasteiger partial charge in [0.1, 0.15) is 11.6 Å². The Morgan fingerprint density at radius 2 is 1.77 bits per heavy atom. The van der Waals surface area contributed by atoms with Gasteiger partial charge in [0.15, 0.2) is 5.82 Å². The highest BCUT2D eigenvalue weighted by molar-refractivity contribution is 7.93. The highest BCUT2D eigenvalue weighted by atomic mass is 32.2. The number of anilines is 2. The molecule has 4 heterocycles. The van der Waals surface area contributed by atoms with Crippen molar-refractivity contribution in [3.8, 4) is 5.82 Å². The third-order valence-electron chi connectivity index (χ3n) is 5.21. The monoisotopic (exact) mass is 441 g/mol. The summed E-state index contributed by atoms with van der Waals surface area (Å²) in [6.45, 7) is 7.44. The van der Waals surface area contributed by atoms with Gasteiger partial charge in [0.25, 0.3) is 0 Å². The van der Waals surface area contributed by atoms with Gasteiger partial charge in [-0.2, -0.15) is 5.10 Å². The van der Waals surface area contributed by atoms with Crippen LogP contribution in [0.2, 0.25) is 0 Å². The molecular weight excluding hydrogens is 414 g/mol. The van der Waals surface area contributed by atoms with Crippen LogP contribution in [0.15, 0.2) is 54.9 Å². The van der Waals surface area contributed by atoms with Crippen molar-refractivity contribution in [3.05, 3.63) is 60.6 Å². The van der Waals surface area contributed by atoms with E-state index in [1.54, 1.807) is 30.8 Å². The SMILES string of the molecule is CC(C)S(=O)(=O)Nc1cccc(N2CCN(Cc3ccn(-c4ccccn4)n3)CC2)n1. The minimum absolute atomic E-state index is 0.355. The first kappa shape index (κ1) is 21.3. The first-order valence-corrected chi connectivity index (χ1v) is 11.9. The zero-order chi connectivity index (χ0) is 21.8. The van der Waals surface area contributed by atoms with Crippen molar-refractivity contribution >= 4 is 21.7 Å². The highest BCUT2D eigenvalue weighted by Gasteiger charge is 2.21. The third kappa shape index (κ3) is 5.20. The molecule has 31 heavy (non-hydrogen) atoms. The lowest BCUT2D eigenvalue weighted by Gasteiger charge is -2.35. The highest BCUT2D eigenvalue weighted by Crippen LogP contribution is 2.18. The van der Waals surface area contributed by atoms with Crippen molar-refractivity contribution in [2.45, 2.75) is 25.6 Å². The molecule has 0 amide bonds. The summed E-state index contributed by atoms with van der Waals surface area (Å²) in [7, 11) is -3.41. The summed E-state index contributed by atoms with van der Waals surface area (Å²) >= 11 is 0. The normalized spacial score (nSPS) is 15.4. The van der Waals surface area contributed by atoms with E-state index in [9.17, 15) is 8.42 Å². The summed E-state index contributed by atoms with van der Waals surface area (Å²) < 4.78 is 28.6. The first-order valence-electron chi connectivity index (χ1n) is 10.3. The summed E-state index contributed by atoms with van der Waals surface area (Å²) in [6.07, 6.45) is 3.69. The Labute approximate surface area is 182 Å². The molecule has 0 aliphatic carbocycles. The Balaban J connectivity index is 1.34. The topological polar surface area (TPSA) is 96.2 Å². The minimum atomic E-state index is -3.41. The zero-order valence-electron chi connectivity index (χ0n) is 17.7. The van der Waals surface area contributed by atoms with Crippen LogP contribution in [0, 0.1) is 0 Å². The molecule has 0 spiro atoms. The van der Waals surface area contributed by atoms with Gasteiger partial charge in [-0.05, 0) is 44.2 Å². The maximum absolute atomic E-state index is 12.1. The molecule has 0 radical (unpaired) electrons. The predicted molar refractivity (Wildman–Crippen MR) is 121 cm³/mol. The lowest BCUT2D eigenvalue weighted by molar-refractivity contribution is 0.246. The van der Waals surface area contributed by atoms with Crippen molar-refractivity contribution < 1.29 is 8.42 Å². The quantitative estimate of drug-likeness (QED) is 0.600. The van der Waals surface area contributed by atoms with Crippen LogP contribution in [0.25, 0.3) is 5.82 Å². The third-order valence-corrected chi connectivity index (χ3v) is 6.95. The van der Waals surface area contributed by atoms with Crippen LogP contribution >= 0.6 is 0 Å². The number of hydrogen-bond donors (Lipinski definition) is 1. The Bertz CT molecular complexity index is 1110. The van der Waals surface area contributed by atoms with Crippen LogP contribution in [0.3, 0.4) is 0 Å². The standard InChI is InChI=1S/C21H27N7O2S/c1-17(2)31(29,30)25-19-6-5-8-21(23-19)27-14-12-26(13-15-27)16-18-9-11-28(24-18)20-7-3-4-10-22-20/h3-11,17H,12-16H2,1-2H3,(H,23,25). The molecule has 164 valence electrons. The van der Waals surface area contributed by atoms with Gasteiger partial charge < -0.3 is 4.90 Å². The maximum Gasteiger partial charge on any atom is 0.236 e. The number of aromatic nitrogens is 4. The molecule has 4 rings (SSSR count). The molecule has 0 unspecified atom stereocenters. The largest absolute Gasteiger partial charge is 0.354 e. The van der Waals surface area contributed by atoms with Crippen molar-refractivity contribution in [1.82, 2.24) is 24.6 Å². The molecule has 9 nitrogen and oxygen atoms in total. The molecule has 10 heteroatoms.